The molecule has 0 saturated carbocycles. The highest BCUT2D eigenvalue weighted by Gasteiger charge is 2.26. The van der Waals surface area contributed by atoms with Crippen molar-refractivity contribution in [2.24, 2.45) is 4.99 Å². The number of hydrogen-bond acceptors (Lipinski definition) is 9. The first-order chi connectivity index (χ1) is 20.2. The molecule has 0 spiro atoms. The fourth-order valence-corrected chi connectivity index (χ4v) is 5.43. The number of pyridine rings is 1. The minimum atomic E-state index is 0.267. The monoisotopic (exact) mass is 551 g/mol. The van der Waals surface area contributed by atoms with Gasteiger partial charge in [0.1, 0.15) is 5.82 Å². The van der Waals surface area contributed by atoms with E-state index < -0.39 is 0 Å². The number of rotatable bonds is 6. The lowest BCUT2D eigenvalue weighted by molar-refractivity contribution is 0.122. The lowest BCUT2D eigenvalue weighted by Gasteiger charge is -2.32. The van der Waals surface area contributed by atoms with Crippen LogP contribution in [0.25, 0.3) is 22.4 Å². The zero-order valence-electron chi connectivity index (χ0n) is 23.1. The van der Waals surface area contributed by atoms with E-state index in [-0.39, 0.29) is 6.04 Å². The molecule has 5 heterocycles. The SMILES string of the molecule is CN/C(=N\C#N)Nc1ccc(-c2nc(N3CCOCC3)c3cnn(C4CCN(Cc5cccnc5)CC4)c3n2)cc1. The minimum absolute atomic E-state index is 0.267. The topological polar surface area (TPSA) is 132 Å². The quantitative estimate of drug-likeness (QED) is 0.209. The van der Waals surface area contributed by atoms with Crippen LogP contribution >= 0.6 is 0 Å². The summed E-state index contributed by atoms with van der Waals surface area (Å²) in [6.07, 6.45) is 9.48. The number of benzene rings is 1. The first-order valence-electron chi connectivity index (χ1n) is 13.9. The molecule has 12 nitrogen and oxygen atoms in total. The highest BCUT2D eigenvalue weighted by atomic mass is 16.5. The fourth-order valence-electron chi connectivity index (χ4n) is 5.43. The van der Waals surface area contributed by atoms with Crippen LogP contribution in [-0.2, 0) is 11.3 Å². The van der Waals surface area contributed by atoms with E-state index >= 15 is 0 Å². The number of likely N-dealkylation sites (tertiary alicyclic amines) is 1. The van der Waals surface area contributed by atoms with E-state index in [4.69, 9.17) is 25.1 Å². The average molecular weight is 552 g/mol. The Kier molecular flexibility index (Phi) is 7.97. The predicted molar refractivity (Wildman–Crippen MR) is 157 cm³/mol. The van der Waals surface area contributed by atoms with Crippen LogP contribution in [0.1, 0.15) is 24.4 Å². The van der Waals surface area contributed by atoms with Crippen molar-refractivity contribution >= 4 is 28.5 Å². The summed E-state index contributed by atoms with van der Waals surface area (Å²) in [5, 5.41) is 20.7. The molecule has 2 N–H and O–H groups in total. The van der Waals surface area contributed by atoms with Crippen LogP contribution in [0.15, 0.2) is 60.0 Å². The molecular formula is C29H33N11O. The van der Waals surface area contributed by atoms with Gasteiger partial charge in [-0.05, 0) is 48.7 Å². The number of nitriles is 1. The summed E-state index contributed by atoms with van der Waals surface area (Å²) in [6, 6.07) is 12.2. The number of piperidine rings is 1. The highest BCUT2D eigenvalue weighted by Crippen LogP contribution is 2.32. The van der Waals surface area contributed by atoms with E-state index in [1.165, 1.54) is 5.56 Å². The van der Waals surface area contributed by atoms with Crippen molar-refractivity contribution in [1.82, 2.24) is 34.9 Å². The fraction of sp³-hybridized carbons (Fsp3) is 0.379. The molecule has 210 valence electrons. The number of aliphatic imine (C=N–C) groups is 1. The van der Waals surface area contributed by atoms with Gasteiger partial charge in [-0.1, -0.05) is 6.07 Å². The number of fused-ring (bicyclic) bond motifs is 1. The van der Waals surface area contributed by atoms with Crippen LogP contribution < -0.4 is 15.5 Å². The van der Waals surface area contributed by atoms with Crippen molar-refractivity contribution in [2.75, 3.05) is 56.7 Å². The number of nitrogens with one attached hydrogen (secondary N) is 2. The number of ether oxygens (including phenoxy) is 1. The third-order valence-electron chi connectivity index (χ3n) is 7.58. The van der Waals surface area contributed by atoms with Gasteiger partial charge in [-0.2, -0.15) is 10.4 Å². The second-order valence-electron chi connectivity index (χ2n) is 10.2. The molecular weight excluding hydrogens is 518 g/mol. The van der Waals surface area contributed by atoms with Gasteiger partial charge in [-0.3, -0.25) is 9.88 Å². The third kappa shape index (κ3) is 5.96. The van der Waals surface area contributed by atoms with Crippen LogP contribution in [0, 0.1) is 11.5 Å². The van der Waals surface area contributed by atoms with Crippen molar-refractivity contribution in [2.45, 2.75) is 25.4 Å². The zero-order valence-corrected chi connectivity index (χ0v) is 23.1. The predicted octanol–water partition coefficient (Wildman–Crippen LogP) is 3.03. The number of morpholine rings is 1. The molecule has 0 radical (unpaired) electrons. The summed E-state index contributed by atoms with van der Waals surface area (Å²) < 4.78 is 7.73. The molecule has 2 fully saturated rings. The Morgan fingerprint density at radius 3 is 2.59 bits per heavy atom. The summed E-state index contributed by atoms with van der Waals surface area (Å²) >= 11 is 0. The van der Waals surface area contributed by atoms with Gasteiger partial charge in [-0.25, -0.2) is 14.6 Å². The molecule has 2 aliphatic heterocycles. The third-order valence-corrected chi connectivity index (χ3v) is 7.58. The van der Waals surface area contributed by atoms with E-state index in [2.05, 4.69) is 41.2 Å². The summed E-state index contributed by atoms with van der Waals surface area (Å²) in [5.41, 5.74) is 3.80. The first-order valence-corrected chi connectivity index (χ1v) is 13.9. The van der Waals surface area contributed by atoms with Gasteiger partial charge >= 0.3 is 0 Å². The molecule has 2 saturated heterocycles. The smallest absolute Gasteiger partial charge is 0.211 e. The lowest BCUT2D eigenvalue weighted by Crippen LogP contribution is -2.37. The summed E-state index contributed by atoms with van der Waals surface area (Å²) in [4.78, 5) is 22.9. The summed E-state index contributed by atoms with van der Waals surface area (Å²) in [7, 11) is 1.71. The van der Waals surface area contributed by atoms with Crippen molar-refractivity contribution in [3.8, 4) is 17.6 Å². The highest BCUT2D eigenvalue weighted by molar-refractivity contribution is 5.94. The largest absolute Gasteiger partial charge is 0.378 e. The maximum atomic E-state index is 8.87. The van der Waals surface area contributed by atoms with E-state index in [1.807, 2.05) is 48.9 Å². The van der Waals surface area contributed by atoms with Crippen LogP contribution in [0.3, 0.4) is 0 Å². The van der Waals surface area contributed by atoms with Gasteiger partial charge in [-0.15, -0.1) is 4.99 Å². The molecule has 41 heavy (non-hydrogen) atoms. The Bertz CT molecular complexity index is 1530. The lowest BCUT2D eigenvalue weighted by atomic mass is 10.0. The Morgan fingerprint density at radius 2 is 1.88 bits per heavy atom. The van der Waals surface area contributed by atoms with Crippen molar-refractivity contribution < 1.29 is 4.74 Å². The van der Waals surface area contributed by atoms with Gasteiger partial charge in [0.05, 0.1) is 30.8 Å². The normalized spacial score (nSPS) is 17.0. The second-order valence-corrected chi connectivity index (χ2v) is 10.2. The zero-order chi connectivity index (χ0) is 28.0. The number of anilines is 2. The molecule has 2 aliphatic rings. The van der Waals surface area contributed by atoms with E-state index in [1.54, 1.807) is 13.2 Å². The van der Waals surface area contributed by atoms with Crippen LogP contribution in [-0.4, -0.2) is 82.0 Å². The number of aromatic nitrogens is 5. The van der Waals surface area contributed by atoms with E-state index in [0.717, 1.165) is 73.7 Å². The molecule has 0 atom stereocenters. The van der Waals surface area contributed by atoms with Crippen LogP contribution in [0.4, 0.5) is 11.5 Å². The van der Waals surface area contributed by atoms with E-state index in [0.29, 0.717) is 25.0 Å². The Morgan fingerprint density at radius 1 is 1.07 bits per heavy atom. The molecule has 3 aromatic heterocycles. The molecule has 4 aromatic rings. The standard InChI is InChI=1S/C29H33N11O/c1-31-29(33-20-30)35-23-6-4-22(5-7-23)26-36-27(39-13-15-41-16-14-39)25-18-34-40(28(25)37-26)24-8-11-38(12-9-24)19-21-3-2-10-32-17-21/h2-7,10,17-18,24H,8-9,11-16,19H2,1H3,(H2,31,33,35). The maximum absolute atomic E-state index is 8.87. The summed E-state index contributed by atoms with van der Waals surface area (Å²) in [6.45, 7) is 5.79. The molecule has 0 aliphatic carbocycles. The van der Waals surface area contributed by atoms with Gasteiger partial charge in [0.25, 0.3) is 0 Å². The first kappa shape index (κ1) is 26.6. The Labute approximate surface area is 238 Å². The van der Waals surface area contributed by atoms with Crippen molar-refractivity contribution in [3.63, 3.8) is 0 Å². The average Bonchev–Trinajstić information content (AvgIpc) is 3.46. The number of nitrogens with zero attached hydrogens (tertiary/aromatic N) is 9. The summed E-state index contributed by atoms with van der Waals surface area (Å²) in [5.74, 6) is 1.93. The van der Waals surface area contributed by atoms with Crippen LogP contribution in [0.2, 0.25) is 0 Å². The number of hydrogen-bond donors (Lipinski definition) is 2. The molecule has 12 heteroatoms. The van der Waals surface area contributed by atoms with Gasteiger partial charge in [0.2, 0.25) is 12.2 Å². The number of guanidine groups is 1. The van der Waals surface area contributed by atoms with Gasteiger partial charge in [0.15, 0.2) is 11.5 Å². The minimum Gasteiger partial charge on any atom is -0.378 e. The van der Waals surface area contributed by atoms with E-state index in [9.17, 15) is 0 Å². The maximum Gasteiger partial charge on any atom is 0.211 e. The molecule has 0 amide bonds. The second kappa shape index (κ2) is 12.3. The van der Waals surface area contributed by atoms with Gasteiger partial charge < -0.3 is 20.3 Å². The van der Waals surface area contributed by atoms with Gasteiger partial charge in [0, 0.05) is 63.4 Å². The molecule has 0 unspecified atom stereocenters. The Hall–Kier alpha value is -4.60. The molecule has 6 rings (SSSR count). The Balaban J connectivity index is 1.28. The van der Waals surface area contributed by atoms with Crippen molar-refractivity contribution in [1.29, 1.82) is 5.26 Å². The molecule has 1 aromatic carbocycles. The molecule has 0 bridgehead atoms. The van der Waals surface area contributed by atoms with Crippen molar-refractivity contribution in [3.05, 3.63) is 60.6 Å². The van der Waals surface area contributed by atoms with Crippen LogP contribution in [0.5, 0.6) is 0 Å².